The molecule has 3 aromatic heterocycles. The third-order valence-electron chi connectivity index (χ3n) is 4.39. The van der Waals surface area contributed by atoms with E-state index in [9.17, 15) is 14.3 Å². The summed E-state index contributed by atoms with van der Waals surface area (Å²) in [5, 5.41) is 11.3. The van der Waals surface area contributed by atoms with Gasteiger partial charge in [0.15, 0.2) is 0 Å². The van der Waals surface area contributed by atoms with E-state index in [0.29, 0.717) is 16.5 Å². The predicted octanol–water partition coefficient (Wildman–Crippen LogP) is 2.53. The highest BCUT2D eigenvalue weighted by molar-refractivity contribution is 6.29. The van der Waals surface area contributed by atoms with Crippen molar-refractivity contribution < 1.29 is 14.1 Å². The van der Waals surface area contributed by atoms with Crippen LogP contribution >= 0.6 is 11.6 Å². The molecule has 0 amide bonds. The van der Waals surface area contributed by atoms with Gasteiger partial charge in [0.1, 0.15) is 29.3 Å². The molecule has 6 nitrogen and oxygen atoms in total. The zero-order valence-corrected chi connectivity index (χ0v) is 15.1. The van der Waals surface area contributed by atoms with Crippen LogP contribution in [0.15, 0.2) is 59.8 Å². The van der Waals surface area contributed by atoms with Crippen molar-refractivity contribution in [3.63, 3.8) is 0 Å². The van der Waals surface area contributed by atoms with Crippen molar-refractivity contribution in [2.75, 3.05) is 0 Å². The quantitative estimate of drug-likeness (QED) is 0.435. The minimum atomic E-state index is -0.417. The standard InChI is InChI=1S/C19H14ClFN4O2/c1-23-8-9-24-17(26)16(13-3-5-14(21)6-4-13)18(27)25(19(23)24)11-12-2-7-15(20)22-10-12/h2-10H,11H2,1H3/p+1. The van der Waals surface area contributed by atoms with Gasteiger partial charge < -0.3 is 5.11 Å². The fraction of sp³-hybridized carbons (Fsp3) is 0.105. The summed E-state index contributed by atoms with van der Waals surface area (Å²) in [5.41, 5.74) is 0.937. The lowest BCUT2D eigenvalue weighted by Gasteiger charge is -2.10. The molecule has 4 rings (SSSR count). The van der Waals surface area contributed by atoms with Gasteiger partial charge in [0.25, 0.3) is 5.88 Å². The first kappa shape index (κ1) is 17.2. The van der Waals surface area contributed by atoms with E-state index >= 15 is 0 Å². The Balaban J connectivity index is 1.99. The Bertz CT molecular complexity index is 1200. The Hall–Kier alpha value is -3.19. The molecule has 27 heavy (non-hydrogen) atoms. The Labute approximate surface area is 158 Å². The normalized spacial score (nSPS) is 11.2. The summed E-state index contributed by atoms with van der Waals surface area (Å²) < 4.78 is 18.1. The van der Waals surface area contributed by atoms with Crippen LogP contribution in [0.25, 0.3) is 16.9 Å². The average molecular weight is 386 g/mol. The van der Waals surface area contributed by atoms with Crippen LogP contribution in [-0.4, -0.2) is 19.1 Å². The van der Waals surface area contributed by atoms with Gasteiger partial charge in [-0.3, -0.25) is 0 Å². The zero-order chi connectivity index (χ0) is 19.1. The van der Waals surface area contributed by atoms with E-state index in [1.165, 1.54) is 28.7 Å². The van der Waals surface area contributed by atoms with Gasteiger partial charge in [0, 0.05) is 11.8 Å². The highest BCUT2D eigenvalue weighted by Crippen LogP contribution is 2.27. The van der Waals surface area contributed by atoms with Crippen LogP contribution < -0.4 is 10.1 Å². The molecule has 0 saturated carbocycles. The molecule has 0 atom stereocenters. The maximum absolute atomic E-state index is 13.3. The van der Waals surface area contributed by atoms with Crippen LogP contribution in [0.5, 0.6) is 5.88 Å². The van der Waals surface area contributed by atoms with Crippen molar-refractivity contribution in [2.24, 2.45) is 7.05 Å². The zero-order valence-electron chi connectivity index (χ0n) is 14.3. The fourth-order valence-electron chi connectivity index (χ4n) is 3.09. The largest absolute Gasteiger partial charge is 0.483 e. The monoisotopic (exact) mass is 385 g/mol. The second kappa shape index (κ2) is 6.51. The van der Waals surface area contributed by atoms with Gasteiger partial charge in [-0.05, 0) is 23.8 Å². The molecule has 8 heteroatoms. The van der Waals surface area contributed by atoms with Gasteiger partial charge in [0.05, 0.1) is 13.2 Å². The lowest BCUT2D eigenvalue weighted by Crippen LogP contribution is -2.33. The SMILES string of the molecule is C[n+]1ccn2c(=O)c(-c3ccc(F)cc3)c(O)n(Cc3ccc(Cl)nc3)c21. The predicted molar refractivity (Wildman–Crippen MR) is 98.2 cm³/mol. The third kappa shape index (κ3) is 2.96. The second-order valence-corrected chi connectivity index (χ2v) is 6.55. The molecule has 3 heterocycles. The van der Waals surface area contributed by atoms with Gasteiger partial charge in [-0.1, -0.05) is 29.8 Å². The lowest BCUT2D eigenvalue weighted by molar-refractivity contribution is -0.647. The minimum absolute atomic E-state index is 0.0978. The summed E-state index contributed by atoms with van der Waals surface area (Å²) in [6, 6.07) is 8.89. The number of hydrogen-bond donors (Lipinski definition) is 1. The number of fused-ring (bicyclic) bond motifs is 1. The number of aromatic hydroxyl groups is 1. The van der Waals surface area contributed by atoms with Crippen LogP contribution in [0, 0.1) is 5.82 Å². The number of aryl methyl sites for hydroxylation is 1. The second-order valence-electron chi connectivity index (χ2n) is 6.17. The summed E-state index contributed by atoms with van der Waals surface area (Å²) >= 11 is 5.84. The van der Waals surface area contributed by atoms with E-state index in [-0.39, 0.29) is 23.5 Å². The highest BCUT2D eigenvalue weighted by Gasteiger charge is 2.26. The van der Waals surface area contributed by atoms with Crippen molar-refractivity contribution in [3.05, 3.63) is 81.9 Å². The van der Waals surface area contributed by atoms with E-state index in [1.807, 2.05) is 0 Å². The number of hydrogen-bond acceptors (Lipinski definition) is 3. The Morgan fingerprint density at radius 1 is 1.22 bits per heavy atom. The molecule has 0 spiro atoms. The third-order valence-corrected chi connectivity index (χ3v) is 4.61. The first-order valence-electron chi connectivity index (χ1n) is 8.14. The van der Waals surface area contributed by atoms with E-state index in [1.54, 1.807) is 46.9 Å². The van der Waals surface area contributed by atoms with Crippen LogP contribution in [0.2, 0.25) is 5.15 Å². The molecule has 4 aromatic rings. The average Bonchev–Trinajstić information content (AvgIpc) is 3.04. The fourth-order valence-corrected chi connectivity index (χ4v) is 3.20. The molecular weight excluding hydrogens is 371 g/mol. The first-order chi connectivity index (χ1) is 13.0. The van der Waals surface area contributed by atoms with E-state index in [0.717, 1.165) is 5.56 Å². The highest BCUT2D eigenvalue weighted by atomic mass is 35.5. The van der Waals surface area contributed by atoms with Crippen LogP contribution in [0.3, 0.4) is 0 Å². The van der Waals surface area contributed by atoms with Crippen LogP contribution in [0.4, 0.5) is 4.39 Å². The topological polar surface area (TPSA) is 63.4 Å². The molecule has 0 saturated heterocycles. The van der Waals surface area contributed by atoms with Crippen molar-refractivity contribution in [1.29, 1.82) is 0 Å². The Morgan fingerprint density at radius 3 is 2.63 bits per heavy atom. The summed E-state index contributed by atoms with van der Waals surface area (Å²) in [6.07, 6.45) is 4.96. The Morgan fingerprint density at radius 2 is 1.96 bits per heavy atom. The van der Waals surface area contributed by atoms with Gasteiger partial charge in [-0.15, -0.1) is 0 Å². The van der Waals surface area contributed by atoms with E-state index in [2.05, 4.69) is 4.98 Å². The molecule has 0 unspecified atom stereocenters. The van der Waals surface area contributed by atoms with Crippen molar-refractivity contribution in [1.82, 2.24) is 14.0 Å². The van der Waals surface area contributed by atoms with Crippen LogP contribution in [0.1, 0.15) is 5.56 Å². The number of nitrogens with zero attached hydrogens (tertiary/aromatic N) is 4. The molecule has 0 bridgehead atoms. The number of aromatic nitrogens is 4. The molecule has 0 aliphatic heterocycles. The number of imidazole rings is 1. The smallest absolute Gasteiger partial charge is 0.374 e. The first-order valence-corrected chi connectivity index (χ1v) is 8.52. The van der Waals surface area contributed by atoms with Gasteiger partial charge in [-0.2, -0.15) is 8.97 Å². The molecule has 0 fully saturated rings. The molecule has 1 aromatic carbocycles. The minimum Gasteiger partial charge on any atom is -0.483 e. The van der Waals surface area contributed by atoms with Crippen molar-refractivity contribution in [2.45, 2.75) is 6.54 Å². The van der Waals surface area contributed by atoms with Gasteiger partial charge in [0.2, 0.25) is 0 Å². The number of halogens is 2. The molecule has 1 N–H and O–H groups in total. The number of rotatable bonds is 3. The van der Waals surface area contributed by atoms with Gasteiger partial charge >= 0.3 is 11.3 Å². The van der Waals surface area contributed by atoms with E-state index in [4.69, 9.17) is 11.6 Å². The summed E-state index contributed by atoms with van der Waals surface area (Å²) in [7, 11) is 1.78. The van der Waals surface area contributed by atoms with Crippen molar-refractivity contribution in [3.8, 4) is 17.0 Å². The van der Waals surface area contributed by atoms with E-state index < -0.39 is 5.82 Å². The molecular formula is C19H15ClFN4O2+. The van der Waals surface area contributed by atoms with Crippen molar-refractivity contribution >= 4 is 17.4 Å². The summed E-state index contributed by atoms with van der Waals surface area (Å²) in [6.45, 7) is 0.270. The summed E-state index contributed by atoms with van der Waals surface area (Å²) in [4.78, 5) is 17.0. The summed E-state index contributed by atoms with van der Waals surface area (Å²) in [5.74, 6) is -0.124. The number of pyridine rings is 1. The molecule has 0 aliphatic carbocycles. The molecule has 0 aliphatic rings. The number of benzene rings is 1. The molecule has 136 valence electrons. The Kier molecular flexibility index (Phi) is 4.16. The van der Waals surface area contributed by atoms with Crippen LogP contribution in [-0.2, 0) is 13.6 Å². The maximum Gasteiger partial charge on any atom is 0.374 e. The molecule has 0 radical (unpaired) electrons. The lowest BCUT2D eigenvalue weighted by atomic mass is 10.1. The van der Waals surface area contributed by atoms with Gasteiger partial charge in [-0.25, -0.2) is 18.7 Å². The maximum atomic E-state index is 13.3.